The molecule has 20 heavy (non-hydrogen) atoms. The molecule has 0 unspecified atom stereocenters. The molecule has 1 aromatic carbocycles. The molecular weight excluding hydrogens is 329 g/mol. The summed E-state index contributed by atoms with van der Waals surface area (Å²) in [6.07, 6.45) is 1.09. The SMILES string of the molecule is COC(=O)c1ccc(-c2cc(Br)ncc2F)c(CO)c1. The Kier molecular flexibility index (Phi) is 4.46. The zero-order valence-electron chi connectivity index (χ0n) is 10.6. The number of esters is 1. The molecule has 1 heterocycles. The Bertz CT molecular complexity index is 661. The standard InChI is InChI=1S/C14H11BrFNO3/c1-20-14(19)8-2-3-10(9(4-8)7-18)11-5-13(15)17-6-12(11)16/h2-6,18H,7H2,1H3. The molecule has 2 aromatic rings. The summed E-state index contributed by atoms with van der Waals surface area (Å²) in [5.74, 6) is -1.02. The lowest BCUT2D eigenvalue weighted by molar-refractivity contribution is 0.0600. The van der Waals surface area contributed by atoms with E-state index in [1.54, 1.807) is 6.07 Å². The number of aliphatic hydroxyl groups is 1. The quantitative estimate of drug-likeness (QED) is 0.689. The number of hydrogen-bond acceptors (Lipinski definition) is 4. The minimum atomic E-state index is -0.511. The van der Waals surface area contributed by atoms with Gasteiger partial charge in [0, 0.05) is 5.56 Å². The molecule has 0 fully saturated rings. The minimum absolute atomic E-state index is 0.298. The largest absolute Gasteiger partial charge is 0.465 e. The highest BCUT2D eigenvalue weighted by Gasteiger charge is 2.14. The molecule has 0 saturated carbocycles. The first kappa shape index (κ1) is 14.6. The Labute approximate surface area is 123 Å². The van der Waals surface area contributed by atoms with Crippen LogP contribution in [0.2, 0.25) is 0 Å². The zero-order valence-corrected chi connectivity index (χ0v) is 12.1. The maximum atomic E-state index is 13.8. The summed E-state index contributed by atoms with van der Waals surface area (Å²) in [6.45, 7) is -0.320. The zero-order chi connectivity index (χ0) is 14.7. The molecule has 0 amide bonds. The molecule has 1 N–H and O–H groups in total. The third kappa shape index (κ3) is 2.86. The third-order valence-electron chi connectivity index (χ3n) is 2.81. The van der Waals surface area contributed by atoms with Gasteiger partial charge in [0.15, 0.2) is 0 Å². The average Bonchev–Trinajstić information content (AvgIpc) is 2.48. The fraction of sp³-hybridized carbons (Fsp3) is 0.143. The van der Waals surface area contributed by atoms with Crippen LogP contribution in [0.15, 0.2) is 35.1 Å². The Morgan fingerprint density at radius 1 is 1.40 bits per heavy atom. The molecule has 0 saturated heterocycles. The van der Waals surface area contributed by atoms with Crippen molar-refractivity contribution in [3.63, 3.8) is 0 Å². The van der Waals surface area contributed by atoms with Gasteiger partial charge in [-0.3, -0.25) is 0 Å². The third-order valence-corrected chi connectivity index (χ3v) is 3.24. The van der Waals surface area contributed by atoms with Gasteiger partial charge in [0.25, 0.3) is 0 Å². The molecule has 0 spiro atoms. The number of aliphatic hydroxyl groups excluding tert-OH is 1. The van der Waals surface area contributed by atoms with Gasteiger partial charge < -0.3 is 9.84 Å². The van der Waals surface area contributed by atoms with Gasteiger partial charge in [-0.05, 0) is 45.3 Å². The number of halogens is 2. The Morgan fingerprint density at radius 3 is 2.80 bits per heavy atom. The molecule has 0 bridgehead atoms. The summed E-state index contributed by atoms with van der Waals surface area (Å²) in [5, 5.41) is 9.42. The summed E-state index contributed by atoms with van der Waals surface area (Å²) >= 11 is 3.17. The summed E-state index contributed by atoms with van der Waals surface area (Å²) in [5.41, 5.74) is 1.53. The summed E-state index contributed by atoms with van der Waals surface area (Å²) in [7, 11) is 1.27. The van der Waals surface area contributed by atoms with Gasteiger partial charge in [-0.25, -0.2) is 14.2 Å². The average molecular weight is 340 g/mol. The highest BCUT2D eigenvalue weighted by molar-refractivity contribution is 9.10. The van der Waals surface area contributed by atoms with Gasteiger partial charge in [0.05, 0.1) is 25.5 Å². The number of aromatic nitrogens is 1. The van der Waals surface area contributed by atoms with Crippen LogP contribution in [0.5, 0.6) is 0 Å². The van der Waals surface area contributed by atoms with Crippen LogP contribution in [-0.4, -0.2) is 23.2 Å². The van der Waals surface area contributed by atoms with Gasteiger partial charge in [-0.15, -0.1) is 0 Å². The molecule has 0 atom stereocenters. The van der Waals surface area contributed by atoms with Crippen LogP contribution in [0.4, 0.5) is 4.39 Å². The second-order valence-corrected chi connectivity index (χ2v) is 4.82. The van der Waals surface area contributed by atoms with Crippen LogP contribution < -0.4 is 0 Å². The fourth-order valence-corrected chi connectivity index (χ4v) is 2.18. The molecular formula is C14H11BrFNO3. The van der Waals surface area contributed by atoms with E-state index in [-0.39, 0.29) is 6.61 Å². The molecule has 6 heteroatoms. The highest BCUT2D eigenvalue weighted by atomic mass is 79.9. The van der Waals surface area contributed by atoms with E-state index < -0.39 is 11.8 Å². The first-order valence-corrected chi connectivity index (χ1v) is 6.49. The Balaban J connectivity index is 2.57. The van der Waals surface area contributed by atoms with Gasteiger partial charge >= 0.3 is 5.97 Å². The topological polar surface area (TPSA) is 59.4 Å². The van der Waals surface area contributed by atoms with Crippen molar-refractivity contribution in [2.24, 2.45) is 0 Å². The van der Waals surface area contributed by atoms with Crippen LogP contribution in [0.1, 0.15) is 15.9 Å². The van der Waals surface area contributed by atoms with Crippen molar-refractivity contribution < 1.29 is 19.0 Å². The predicted molar refractivity (Wildman–Crippen MR) is 74.6 cm³/mol. The first-order valence-electron chi connectivity index (χ1n) is 5.70. The number of pyridine rings is 1. The van der Waals surface area contributed by atoms with E-state index in [2.05, 4.69) is 25.7 Å². The Morgan fingerprint density at radius 2 is 2.15 bits per heavy atom. The number of ether oxygens (including phenoxy) is 1. The van der Waals surface area contributed by atoms with Crippen molar-refractivity contribution in [3.05, 3.63) is 52.0 Å². The van der Waals surface area contributed by atoms with Crippen molar-refractivity contribution >= 4 is 21.9 Å². The number of nitrogens with zero attached hydrogens (tertiary/aromatic N) is 1. The first-order chi connectivity index (χ1) is 9.56. The predicted octanol–water partition coefficient (Wildman–Crippen LogP) is 2.93. The van der Waals surface area contributed by atoms with E-state index in [9.17, 15) is 14.3 Å². The van der Waals surface area contributed by atoms with Gasteiger partial charge in [0.2, 0.25) is 0 Å². The number of hydrogen-bond donors (Lipinski definition) is 1. The van der Waals surface area contributed by atoms with Crippen molar-refractivity contribution in [1.82, 2.24) is 4.98 Å². The molecule has 0 aliphatic heterocycles. The van der Waals surface area contributed by atoms with E-state index in [0.717, 1.165) is 6.20 Å². The smallest absolute Gasteiger partial charge is 0.337 e. The molecule has 0 radical (unpaired) electrons. The molecule has 2 rings (SSSR count). The summed E-state index contributed by atoms with van der Waals surface area (Å²) in [6, 6.07) is 6.09. The monoisotopic (exact) mass is 339 g/mol. The molecule has 1 aromatic heterocycles. The maximum absolute atomic E-state index is 13.8. The van der Waals surface area contributed by atoms with Crippen LogP contribution in [0.25, 0.3) is 11.1 Å². The van der Waals surface area contributed by atoms with Crippen molar-refractivity contribution in [3.8, 4) is 11.1 Å². The van der Waals surface area contributed by atoms with Gasteiger partial charge in [0.1, 0.15) is 10.4 Å². The summed E-state index contributed by atoms with van der Waals surface area (Å²) < 4.78 is 18.9. The van der Waals surface area contributed by atoms with Crippen LogP contribution >= 0.6 is 15.9 Å². The highest BCUT2D eigenvalue weighted by Crippen LogP contribution is 2.29. The lowest BCUT2D eigenvalue weighted by Gasteiger charge is -2.10. The van der Waals surface area contributed by atoms with E-state index in [4.69, 9.17) is 0 Å². The van der Waals surface area contributed by atoms with Crippen LogP contribution in [0, 0.1) is 5.82 Å². The minimum Gasteiger partial charge on any atom is -0.465 e. The molecule has 4 nitrogen and oxygen atoms in total. The van der Waals surface area contributed by atoms with Crippen molar-refractivity contribution in [2.45, 2.75) is 6.61 Å². The molecule has 104 valence electrons. The fourth-order valence-electron chi connectivity index (χ4n) is 1.85. The van der Waals surface area contributed by atoms with E-state index >= 15 is 0 Å². The Hall–Kier alpha value is -1.79. The number of carbonyl (C=O) groups excluding carboxylic acids is 1. The summed E-state index contributed by atoms with van der Waals surface area (Å²) in [4.78, 5) is 15.2. The van der Waals surface area contributed by atoms with Crippen molar-refractivity contribution in [1.29, 1.82) is 0 Å². The van der Waals surface area contributed by atoms with E-state index in [1.807, 2.05) is 0 Å². The number of methoxy groups -OCH3 is 1. The van der Waals surface area contributed by atoms with E-state index in [0.29, 0.717) is 26.9 Å². The normalized spacial score (nSPS) is 10.4. The number of carbonyl (C=O) groups is 1. The van der Waals surface area contributed by atoms with Gasteiger partial charge in [-0.1, -0.05) is 6.07 Å². The maximum Gasteiger partial charge on any atom is 0.337 e. The van der Waals surface area contributed by atoms with Gasteiger partial charge in [-0.2, -0.15) is 0 Å². The number of rotatable bonds is 3. The van der Waals surface area contributed by atoms with Crippen LogP contribution in [-0.2, 0) is 11.3 Å². The van der Waals surface area contributed by atoms with E-state index in [1.165, 1.54) is 25.3 Å². The molecule has 0 aliphatic rings. The van der Waals surface area contributed by atoms with Crippen LogP contribution in [0.3, 0.4) is 0 Å². The van der Waals surface area contributed by atoms with Crippen molar-refractivity contribution in [2.75, 3.05) is 7.11 Å². The number of benzene rings is 1. The second-order valence-electron chi connectivity index (χ2n) is 4.01. The lowest BCUT2D eigenvalue weighted by Crippen LogP contribution is -2.03. The second kappa shape index (κ2) is 6.11. The molecule has 0 aliphatic carbocycles. The lowest BCUT2D eigenvalue weighted by atomic mass is 9.98.